The molecule has 0 radical (unpaired) electrons. The molecule has 0 atom stereocenters. The van der Waals surface area contributed by atoms with E-state index in [0.717, 1.165) is 54.6 Å². The summed E-state index contributed by atoms with van der Waals surface area (Å²) in [5.74, 6) is 0.428. The van der Waals surface area contributed by atoms with Crippen LogP contribution in [0.25, 0.3) is 10.9 Å². The molecule has 1 aliphatic carbocycles. The van der Waals surface area contributed by atoms with E-state index in [9.17, 15) is 9.59 Å². The number of rotatable bonds is 8. The highest BCUT2D eigenvalue weighted by Gasteiger charge is 2.32. The van der Waals surface area contributed by atoms with E-state index in [1.807, 2.05) is 30.3 Å². The zero-order valence-corrected chi connectivity index (χ0v) is 21.3. The van der Waals surface area contributed by atoms with Crippen LogP contribution in [-0.4, -0.2) is 41.1 Å². The molecule has 0 spiro atoms. The summed E-state index contributed by atoms with van der Waals surface area (Å²) in [4.78, 5) is 26.6. The van der Waals surface area contributed by atoms with Crippen LogP contribution in [0.3, 0.4) is 0 Å². The Morgan fingerprint density at radius 1 is 1.06 bits per heavy atom. The third-order valence-corrected chi connectivity index (χ3v) is 8.01. The van der Waals surface area contributed by atoms with Crippen LogP contribution in [0.2, 0.25) is 0 Å². The lowest BCUT2D eigenvalue weighted by atomic mass is 9.76. The maximum absolute atomic E-state index is 13.2. The molecule has 1 saturated carbocycles. The number of carboxylic acid groups (broad SMARTS) is 1. The van der Waals surface area contributed by atoms with Gasteiger partial charge in [-0.3, -0.25) is 9.59 Å². The van der Waals surface area contributed by atoms with E-state index in [1.54, 1.807) is 10.8 Å². The predicted molar refractivity (Wildman–Crippen MR) is 142 cm³/mol. The number of aromatic nitrogens is 1. The normalized spacial score (nSPS) is 17.7. The number of nitrogens with zero attached hydrogens (tertiary/aromatic N) is 2. The number of carbonyl (C=O) groups excluding carboxylic acids is 1. The first-order valence-electron chi connectivity index (χ1n) is 13.2. The summed E-state index contributed by atoms with van der Waals surface area (Å²) < 4.78 is 7.82. The van der Waals surface area contributed by atoms with Crippen LogP contribution >= 0.6 is 0 Å². The van der Waals surface area contributed by atoms with Gasteiger partial charge in [-0.25, -0.2) is 0 Å². The molecule has 1 fully saturated rings. The smallest absolute Gasteiger partial charge is 0.323 e. The lowest BCUT2D eigenvalue weighted by Gasteiger charge is -2.40. The topological polar surface area (TPSA) is 71.8 Å². The molecule has 0 saturated heterocycles. The lowest BCUT2D eigenvalue weighted by molar-refractivity contribution is -0.137. The van der Waals surface area contributed by atoms with Gasteiger partial charge in [-0.2, -0.15) is 0 Å². The van der Waals surface area contributed by atoms with Gasteiger partial charge in [0, 0.05) is 40.8 Å². The number of fused-ring (bicyclic) bond motifs is 2. The number of aliphatic carboxylic acids is 1. The largest absolute Gasteiger partial charge is 0.492 e. The van der Waals surface area contributed by atoms with Gasteiger partial charge in [0.15, 0.2) is 5.78 Å². The fraction of sp³-hybridized carbons (Fsp3) is 0.467. The van der Waals surface area contributed by atoms with Gasteiger partial charge in [-0.15, -0.1) is 0 Å². The molecule has 0 unspecified atom stereocenters. The molecule has 2 heterocycles. The zero-order chi connectivity index (χ0) is 25.3. The molecule has 36 heavy (non-hydrogen) atoms. The number of carbonyl (C=O) groups is 2. The number of benzene rings is 2. The highest BCUT2D eigenvalue weighted by atomic mass is 16.5. The van der Waals surface area contributed by atoms with E-state index in [2.05, 4.69) is 30.9 Å². The summed E-state index contributed by atoms with van der Waals surface area (Å²) >= 11 is 0. The Morgan fingerprint density at radius 2 is 1.86 bits per heavy atom. The Morgan fingerprint density at radius 3 is 2.64 bits per heavy atom. The van der Waals surface area contributed by atoms with Gasteiger partial charge in [0.1, 0.15) is 18.9 Å². The van der Waals surface area contributed by atoms with E-state index < -0.39 is 5.97 Å². The van der Waals surface area contributed by atoms with Gasteiger partial charge >= 0.3 is 5.97 Å². The van der Waals surface area contributed by atoms with Gasteiger partial charge in [-0.1, -0.05) is 33.1 Å². The second kappa shape index (κ2) is 10.00. The first kappa shape index (κ1) is 24.4. The first-order valence-corrected chi connectivity index (χ1v) is 13.2. The van der Waals surface area contributed by atoms with E-state index in [1.165, 1.54) is 30.5 Å². The summed E-state index contributed by atoms with van der Waals surface area (Å²) in [6.45, 7) is 6.76. The first-order chi connectivity index (χ1) is 17.3. The number of ketones is 1. The maximum atomic E-state index is 13.2. The van der Waals surface area contributed by atoms with Crippen molar-refractivity contribution in [3.05, 3.63) is 59.8 Å². The fourth-order valence-electron chi connectivity index (χ4n) is 5.83. The van der Waals surface area contributed by atoms with Gasteiger partial charge in [0.25, 0.3) is 0 Å². The number of ether oxygens (including phenoxy) is 1. The van der Waals surface area contributed by atoms with Gasteiger partial charge < -0.3 is 19.3 Å². The molecule has 2 aromatic carbocycles. The number of Topliss-reactive ketones (excluding diaryl/α,β-unsaturated/α-hetero) is 1. The molecule has 3 aromatic rings. The molecule has 5 rings (SSSR count). The highest BCUT2D eigenvalue weighted by Crippen LogP contribution is 2.41. The molecule has 2 aliphatic rings. The highest BCUT2D eigenvalue weighted by molar-refractivity contribution is 5.98. The van der Waals surface area contributed by atoms with Crippen LogP contribution in [0, 0.1) is 5.92 Å². The van der Waals surface area contributed by atoms with Crippen molar-refractivity contribution in [2.75, 3.05) is 24.6 Å². The molecule has 6 heteroatoms. The Bertz CT molecular complexity index is 1270. The Balaban J connectivity index is 1.27. The van der Waals surface area contributed by atoms with Crippen LogP contribution in [-0.2, 0) is 16.8 Å². The maximum Gasteiger partial charge on any atom is 0.323 e. The van der Waals surface area contributed by atoms with Gasteiger partial charge in [-0.05, 0) is 72.7 Å². The van der Waals surface area contributed by atoms with Crippen molar-refractivity contribution in [1.29, 1.82) is 0 Å². The van der Waals surface area contributed by atoms with Crippen LogP contribution in [0.15, 0.2) is 48.7 Å². The van der Waals surface area contributed by atoms with Crippen molar-refractivity contribution < 1.29 is 19.4 Å². The average Bonchev–Trinajstić information content (AvgIpc) is 3.26. The van der Waals surface area contributed by atoms with Crippen LogP contribution in [0.4, 0.5) is 5.69 Å². The van der Waals surface area contributed by atoms with Crippen molar-refractivity contribution in [3.63, 3.8) is 0 Å². The summed E-state index contributed by atoms with van der Waals surface area (Å²) in [6, 6.07) is 14.0. The molecular formula is C30H36N2O4. The summed E-state index contributed by atoms with van der Waals surface area (Å²) in [7, 11) is 0. The molecule has 1 N–H and O–H groups in total. The molecule has 0 amide bonds. The minimum Gasteiger partial charge on any atom is -0.492 e. The van der Waals surface area contributed by atoms with E-state index >= 15 is 0 Å². The molecule has 1 aliphatic heterocycles. The van der Waals surface area contributed by atoms with Gasteiger partial charge in [0.2, 0.25) is 0 Å². The van der Waals surface area contributed by atoms with Crippen LogP contribution < -0.4 is 9.64 Å². The lowest BCUT2D eigenvalue weighted by Crippen LogP contribution is -2.39. The Kier molecular flexibility index (Phi) is 6.78. The molecule has 0 bridgehead atoms. The van der Waals surface area contributed by atoms with E-state index in [4.69, 9.17) is 9.84 Å². The van der Waals surface area contributed by atoms with E-state index in [-0.39, 0.29) is 17.9 Å². The van der Waals surface area contributed by atoms with E-state index in [0.29, 0.717) is 12.4 Å². The second-order valence-electron chi connectivity index (χ2n) is 11.0. The zero-order valence-electron chi connectivity index (χ0n) is 21.3. The number of carboxylic acids is 1. The van der Waals surface area contributed by atoms with Crippen LogP contribution in [0.5, 0.6) is 5.75 Å². The minimum atomic E-state index is -0.858. The summed E-state index contributed by atoms with van der Waals surface area (Å²) in [5.41, 5.74) is 4.25. The number of anilines is 1. The molecule has 6 nitrogen and oxygen atoms in total. The minimum absolute atomic E-state index is 0.0314. The molecular weight excluding hydrogens is 452 g/mol. The van der Waals surface area contributed by atoms with Crippen molar-refractivity contribution >= 4 is 28.3 Å². The fourth-order valence-corrected chi connectivity index (χ4v) is 5.83. The van der Waals surface area contributed by atoms with Crippen LogP contribution in [0.1, 0.15) is 68.3 Å². The standard InChI is InChI=1S/C30H36N2O4/c1-30(2)13-15-31(27-10-8-23(19-25(27)30)29(35)21-6-4-3-5-7-21)16-17-36-24-9-11-26-22(18-24)12-14-32(26)20-28(33)34/h8-12,14,18-19,21H,3-7,13,15-17,20H2,1-2H3,(H,33,34). The molecule has 1 aromatic heterocycles. The second-order valence-corrected chi connectivity index (χ2v) is 11.0. The quantitative estimate of drug-likeness (QED) is 0.391. The Hall–Kier alpha value is -3.28. The molecule has 190 valence electrons. The van der Waals surface area contributed by atoms with Crippen molar-refractivity contribution in [2.24, 2.45) is 5.92 Å². The van der Waals surface area contributed by atoms with Crippen molar-refractivity contribution in [3.8, 4) is 5.75 Å². The average molecular weight is 489 g/mol. The van der Waals surface area contributed by atoms with Crippen molar-refractivity contribution in [2.45, 2.75) is 64.3 Å². The van der Waals surface area contributed by atoms with Gasteiger partial charge in [0.05, 0.1) is 6.54 Å². The summed E-state index contributed by atoms with van der Waals surface area (Å²) in [6.07, 6.45) is 8.47. The monoisotopic (exact) mass is 488 g/mol. The SMILES string of the molecule is CC1(C)CCN(CCOc2ccc3c(ccn3CC(=O)O)c2)c2ccc(C(=O)C3CCCCC3)cc21. The number of hydrogen-bond donors (Lipinski definition) is 1. The third kappa shape index (κ3) is 4.99. The summed E-state index contributed by atoms with van der Waals surface area (Å²) in [5, 5.41) is 10.0. The third-order valence-electron chi connectivity index (χ3n) is 8.01. The number of hydrogen-bond acceptors (Lipinski definition) is 4. The predicted octanol–water partition coefficient (Wildman–Crippen LogP) is 6.06. The van der Waals surface area contributed by atoms with Crippen molar-refractivity contribution in [1.82, 2.24) is 4.57 Å². The Labute approximate surface area is 212 Å².